The molecule has 1 fully saturated rings. The van der Waals surface area contributed by atoms with E-state index in [1.54, 1.807) is 30.3 Å². The van der Waals surface area contributed by atoms with Gasteiger partial charge in [0.1, 0.15) is 10.7 Å². The molecule has 222 valence electrons. The highest BCUT2D eigenvalue weighted by Crippen LogP contribution is 2.35. The number of fused-ring (bicyclic) bond motifs is 1. The van der Waals surface area contributed by atoms with Crippen molar-refractivity contribution in [2.75, 3.05) is 41.3 Å². The molecule has 9 heteroatoms. The van der Waals surface area contributed by atoms with Crippen molar-refractivity contribution in [1.29, 1.82) is 0 Å². The summed E-state index contributed by atoms with van der Waals surface area (Å²) in [6.07, 6.45) is 2.71. The lowest BCUT2D eigenvalue weighted by molar-refractivity contribution is -0.115. The standard InChI is InChI=1S/C34H35FN4O3S/c35-29-14-6-7-16-31(29)38-19-21-39(22-20-38)32-18-17-27(36-34(40)23-25-9-2-1-3-10-25)24-33(32)43(41,42)37-30-15-8-12-26-11-4-5-13-28(26)30/h1-7,9-11,13-14,16-18,24,30,37H,8,12,15,19-23H2,(H,36,40). The molecular weight excluding hydrogens is 563 g/mol. The second-order valence-electron chi connectivity index (χ2n) is 11.1. The largest absolute Gasteiger partial charge is 0.367 e. The number of rotatable bonds is 8. The molecule has 1 amide bonds. The maximum absolute atomic E-state index is 14.5. The molecule has 1 saturated heterocycles. The summed E-state index contributed by atoms with van der Waals surface area (Å²) in [5, 5.41) is 2.89. The molecule has 1 unspecified atom stereocenters. The summed E-state index contributed by atoms with van der Waals surface area (Å²) in [5.74, 6) is -0.498. The third-order valence-electron chi connectivity index (χ3n) is 8.22. The molecule has 1 aliphatic carbocycles. The zero-order valence-corrected chi connectivity index (χ0v) is 24.7. The number of nitrogens with one attached hydrogen (secondary N) is 2. The van der Waals surface area contributed by atoms with Crippen molar-refractivity contribution in [2.45, 2.75) is 36.6 Å². The highest BCUT2D eigenvalue weighted by atomic mass is 32.2. The Morgan fingerprint density at radius 2 is 1.49 bits per heavy atom. The van der Waals surface area contributed by atoms with Gasteiger partial charge in [0.05, 0.1) is 17.8 Å². The maximum Gasteiger partial charge on any atom is 0.243 e. The van der Waals surface area contributed by atoms with Crippen LogP contribution in [0.25, 0.3) is 0 Å². The summed E-state index contributed by atoms with van der Waals surface area (Å²) in [7, 11) is -3.99. The molecule has 7 nitrogen and oxygen atoms in total. The van der Waals surface area contributed by atoms with Crippen LogP contribution < -0.4 is 19.8 Å². The molecule has 4 aromatic rings. The second-order valence-corrected chi connectivity index (χ2v) is 12.8. The Morgan fingerprint density at radius 1 is 0.814 bits per heavy atom. The zero-order valence-electron chi connectivity index (χ0n) is 23.9. The summed E-state index contributed by atoms with van der Waals surface area (Å²) in [4.78, 5) is 17.0. The Labute approximate surface area is 252 Å². The predicted octanol–water partition coefficient (Wildman–Crippen LogP) is 5.69. The third-order valence-corrected chi connectivity index (χ3v) is 9.72. The quantitative estimate of drug-likeness (QED) is 0.273. The zero-order chi connectivity index (χ0) is 29.8. The number of benzene rings is 4. The van der Waals surface area contributed by atoms with Crippen LogP contribution in [0.2, 0.25) is 0 Å². The molecule has 1 atom stereocenters. The summed E-state index contributed by atoms with van der Waals surface area (Å²) in [6.45, 7) is 2.12. The van der Waals surface area contributed by atoms with Gasteiger partial charge in [0.2, 0.25) is 15.9 Å². The van der Waals surface area contributed by atoms with Gasteiger partial charge >= 0.3 is 0 Å². The predicted molar refractivity (Wildman–Crippen MR) is 168 cm³/mol. The molecule has 0 aromatic heterocycles. The average molecular weight is 599 g/mol. The maximum atomic E-state index is 14.5. The van der Waals surface area contributed by atoms with Gasteiger partial charge < -0.3 is 15.1 Å². The fourth-order valence-corrected chi connectivity index (χ4v) is 7.58. The van der Waals surface area contributed by atoms with Gasteiger partial charge in [0.25, 0.3) is 0 Å². The van der Waals surface area contributed by atoms with Crippen LogP contribution in [-0.4, -0.2) is 40.5 Å². The number of halogens is 1. The van der Waals surface area contributed by atoms with E-state index in [2.05, 4.69) is 16.1 Å². The number of piperazine rings is 1. The number of para-hydroxylation sites is 1. The van der Waals surface area contributed by atoms with Crippen LogP contribution >= 0.6 is 0 Å². The van der Waals surface area contributed by atoms with E-state index in [1.807, 2.05) is 64.4 Å². The SMILES string of the molecule is O=C(Cc1ccccc1)Nc1ccc(N2CCN(c3ccccc3F)CC2)c(S(=O)(=O)NC2CCCc3ccccc32)c1. The number of aryl methyl sites for hydroxylation is 1. The number of hydrogen-bond acceptors (Lipinski definition) is 5. The minimum atomic E-state index is -3.99. The van der Waals surface area contributed by atoms with Gasteiger partial charge in [0.15, 0.2) is 0 Å². The van der Waals surface area contributed by atoms with Gasteiger partial charge in [0, 0.05) is 37.9 Å². The lowest BCUT2D eigenvalue weighted by Crippen LogP contribution is -2.47. The number of carbonyl (C=O) groups excluding carboxylic acids is 1. The van der Waals surface area contributed by atoms with E-state index in [4.69, 9.17) is 0 Å². The molecule has 0 saturated carbocycles. The Kier molecular flexibility index (Phi) is 8.44. The van der Waals surface area contributed by atoms with E-state index in [1.165, 1.54) is 6.07 Å². The van der Waals surface area contributed by atoms with Gasteiger partial charge in [-0.15, -0.1) is 0 Å². The molecule has 0 radical (unpaired) electrons. The molecule has 0 bridgehead atoms. The van der Waals surface area contributed by atoms with Crippen molar-refractivity contribution in [3.05, 3.63) is 120 Å². The molecule has 1 heterocycles. The number of nitrogens with zero attached hydrogens (tertiary/aromatic N) is 2. The first-order chi connectivity index (χ1) is 20.9. The summed E-state index contributed by atoms with van der Waals surface area (Å²) < 4.78 is 45.7. The number of sulfonamides is 1. The number of anilines is 3. The smallest absolute Gasteiger partial charge is 0.243 e. The van der Waals surface area contributed by atoms with E-state index in [0.29, 0.717) is 49.7 Å². The summed E-state index contributed by atoms with van der Waals surface area (Å²) >= 11 is 0. The van der Waals surface area contributed by atoms with E-state index >= 15 is 0 Å². The van der Waals surface area contributed by atoms with Gasteiger partial charge in [-0.05, 0) is 66.3 Å². The van der Waals surface area contributed by atoms with Crippen molar-refractivity contribution in [3.63, 3.8) is 0 Å². The van der Waals surface area contributed by atoms with Gasteiger partial charge in [-0.2, -0.15) is 0 Å². The van der Waals surface area contributed by atoms with Crippen LogP contribution in [0.4, 0.5) is 21.5 Å². The first-order valence-electron chi connectivity index (χ1n) is 14.7. The van der Waals surface area contributed by atoms with Crippen LogP contribution in [0, 0.1) is 5.82 Å². The summed E-state index contributed by atoms with van der Waals surface area (Å²) in [6, 6.07) is 28.8. The fraction of sp³-hybridized carbons (Fsp3) is 0.265. The molecule has 2 aliphatic rings. The van der Waals surface area contributed by atoms with E-state index in [9.17, 15) is 17.6 Å². The first kappa shape index (κ1) is 28.9. The normalized spacial score (nSPS) is 16.9. The Morgan fingerprint density at radius 3 is 2.26 bits per heavy atom. The highest BCUT2D eigenvalue weighted by Gasteiger charge is 2.30. The Bertz CT molecular complexity index is 1710. The van der Waals surface area contributed by atoms with Gasteiger partial charge in [-0.25, -0.2) is 17.5 Å². The van der Waals surface area contributed by atoms with Crippen molar-refractivity contribution in [1.82, 2.24) is 4.72 Å². The van der Waals surface area contributed by atoms with Crippen LogP contribution in [-0.2, 0) is 27.7 Å². The second kappa shape index (κ2) is 12.6. The van der Waals surface area contributed by atoms with Crippen LogP contribution in [0.15, 0.2) is 102 Å². The minimum absolute atomic E-state index is 0.118. The van der Waals surface area contributed by atoms with Crippen LogP contribution in [0.1, 0.15) is 35.6 Å². The first-order valence-corrected chi connectivity index (χ1v) is 16.2. The van der Waals surface area contributed by atoms with Gasteiger partial charge in [-0.3, -0.25) is 4.79 Å². The Hall–Kier alpha value is -4.21. The number of amides is 1. The molecular formula is C34H35FN4O3S. The lowest BCUT2D eigenvalue weighted by atomic mass is 9.88. The van der Waals surface area contributed by atoms with E-state index in [0.717, 1.165) is 29.5 Å². The molecule has 6 rings (SSSR count). The third kappa shape index (κ3) is 6.58. The lowest BCUT2D eigenvalue weighted by Gasteiger charge is -2.38. The van der Waals surface area contributed by atoms with Crippen LogP contribution in [0.3, 0.4) is 0 Å². The summed E-state index contributed by atoms with van der Waals surface area (Å²) in [5.41, 5.74) is 4.56. The van der Waals surface area contributed by atoms with Crippen molar-refractivity contribution >= 4 is 33.0 Å². The van der Waals surface area contributed by atoms with Gasteiger partial charge in [-0.1, -0.05) is 66.7 Å². The van der Waals surface area contributed by atoms with Crippen molar-refractivity contribution < 1.29 is 17.6 Å². The topological polar surface area (TPSA) is 81.8 Å². The number of hydrogen-bond donors (Lipinski definition) is 2. The van der Waals surface area contributed by atoms with E-state index in [-0.39, 0.29) is 29.1 Å². The molecule has 0 spiro atoms. The highest BCUT2D eigenvalue weighted by molar-refractivity contribution is 7.89. The Balaban J connectivity index is 1.28. The van der Waals surface area contributed by atoms with Crippen molar-refractivity contribution in [2.24, 2.45) is 0 Å². The molecule has 1 aliphatic heterocycles. The molecule has 4 aromatic carbocycles. The minimum Gasteiger partial charge on any atom is -0.367 e. The van der Waals surface area contributed by atoms with Crippen LogP contribution in [0.5, 0.6) is 0 Å². The van der Waals surface area contributed by atoms with Crippen molar-refractivity contribution in [3.8, 4) is 0 Å². The molecule has 43 heavy (non-hydrogen) atoms. The number of carbonyl (C=O) groups is 1. The van der Waals surface area contributed by atoms with E-state index < -0.39 is 10.0 Å². The molecule has 2 N–H and O–H groups in total. The monoisotopic (exact) mass is 598 g/mol. The fourth-order valence-electron chi connectivity index (χ4n) is 6.08. The average Bonchev–Trinajstić information content (AvgIpc) is 3.02.